The molecular formula is C21H31IN4O3. The van der Waals surface area contributed by atoms with E-state index < -0.39 is 0 Å². The van der Waals surface area contributed by atoms with E-state index in [4.69, 9.17) is 19.6 Å². The molecule has 29 heavy (non-hydrogen) atoms. The van der Waals surface area contributed by atoms with Crippen LogP contribution in [0.25, 0.3) is 0 Å². The van der Waals surface area contributed by atoms with Gasteiger partial charge in [-0.1, -0.05) is 12.5 Å². The Kier molecular flexibility index (Phi) is 9.59. The SMILES string of the molecule is COc1ccc(CN=C(N)NCC(c2ccco2)N2CCCCC2)cc1OC.I. The van der Waals surface area contributed by atoms with Crippen molar-refractivity contribution >= 4 is 29.9 Å². The highest BCUT2D eigenvalue weighted by atomic mass is 127. The lowest BCUT2D eigenvalue weighted by atomic mass is 10.1. The normalized spacial score (nSPS) is 16.0. The highest BCUT2D eigenvalue weighted by Gasteiger charge is 2.24. The van der Waals surface area contributed by atoms with E-state index in [1.165, 1.54) is 19.3 Å². The summed E-state index contributed by atoms with van der Waals surface area (Å²) < 4.78 is 16.3. The molecule has 2 aromatic rings. The van der Waals surface area contributed by atoms with Gasteiger partial charge in [0, 0.05) is 6.54 Å². The van der Waals surface area contributed by atoms with Crippen molar-refractivity contribution in [2.24, 2.45) is 10.7 Å². The summed E-state index contributed by atoms with van der Waals surface area (Å²) in [6.07, 6.45) is 5.46. The van der Waals surface area contributed by atoms with Crippen molar-refractivity contribution in [1.82, 2.24) is 10.2 Å². The third-order valence-electron chi connectivity index (χ3n) is 5.06. The Morgan fingerprint density at radius 2 is 1.93 bits per heavy atom. The van der Waals surface area contributed by atoms with Gasteiger partial charge in [0.15, 0.2) is 17.5 Å². The molecule has 0 radical (unpaired) electrons. The molecule has 1 aromatic heterocycles. The predicted molar refractivity (Wildman–Crippen MR) is 125 cm³/mol. The molecule has 7 nitrogen and oxygen atoms in total. The number of furan rings is 1. The number of rotatable bonds is 8. The summed E-state index contributed by atoms with van der Waals surface area (Å²) in [4.78, 5) is 6.92. The van der Waals surface area contributed by atoms with Crippen LogP contribution in [0.5, 0.6) is 11.5 Å². The van der Waals surface area contributed by atoms with Crippen LogP contribution in [0, 0.1) is 0 Å². The quantitative estimate of drug-likeness (QED) is 0.319. The first-order valence-corrected chi connectivity index (χ1v) is 9.73. The molecule has 1 atom stereocenters. The molecule has 0 amide bonds. The van der Waals surface area contributed by atoms with Crippen LogP contribution in [0.15, 0.2) is 46.0 Å². The van der Waals surface area contributed by atoms with Crippen LogP contribution in [0.1, 0.15) is 36.6 Å². The minimum atomic E-state index is 0. The van der Waals surface area contributed by atoms with Crippen LogP contribution in [0.3, 0.4) is 0 Å². The Bertz CT molecular complexity index is 761. The number of hydrogen-bond acceptors (Lipinski definition) is 5. The smallest absolute Gasteiger partial charge is 0.188 e. The first-order valence-electron chi connectivity index (χ1n) is 9.73. The second kappa shape index (κ2) is 11.9. The Morgan fingerprint density at radius 1 is 1.17 bits per heavy atom. The lowest BCUT2D eigenvalue weighted by Crippen LogP contribution is -2.42. The average molecular weight is 514 g/mol. The molecule has 1 unspecified atom stereocenters. The molecule has 1 fully saturated rings. The maximum absolute atomic E-state index is 6.11. The highest BCUT2D eigenvalue weighted by molar-refractivity contribution is 14.0. The van der Waals surface area contributed by atoms with Crippen molar-refractivity contribution in [3.63, 3.8) is 0 Å². The van der Waals surface area contributed by atoms with Crippen LogP contribution in [-0.4, -0.2) is 44.7 Å². The monoisotopic (exact) mass is 514 g/mol. The van der Waals surface area contributed by atoms with Crippen molar-refractivity contribution in [2.45, 2.75) is 31.8 Å². The Hall–Kier alpha value is -1.94. The number of hydrogen-bond donors (Lipinski definition) is 2. The van der Waals surface area contributed by atoms with Gasteiger partial charge >= 0.3 is 0 Å². The molecular weight excluding hydrogens is 483 g/mol. The molecule has 1 aromatic carbocycles. The fraction of sp³-hybridized carbons (Fsp3) is 0.476. The van der Waals surface area contributed by atoms with E-state index in [-0.39, 0.29) is 30.0 Å². The molecule has 8 heteroatoms. The molecule has 1 aliphatic rings. The van der Waals surface area contributed by atoms with Crippen LogP contribution in [-0.2, 0) is 6.54 Å². The molecule has 1 aliphatic heterocycles. The van der Waals surface area contributed by atoms with Crippen molar-refractivity contribution in [1.29, 1.82) is 0 Å². The summed E-state index contributed by atoms with van der Waals surface area (Å²) >= 11 is 0. The number of methoxy groups -OCH3 is 2. The Labute approximate surface area is 189 Å². The molecule has 0 aliphatic carbocycles. The Balaban J connectivity index is 0.00000300. The molecule has 160 valence electrons. The largest absolute Gasteiger partial charge is 0.493 e. The molecule has 1 saturated heterocycles. The summed E-state index contributed by atoms with van der Waals surface area (Å²) in [5, 5.41) is 3.26. The Morgan fingerprint density at radius 3 is 2.59 bits per heavy atom. The maximum Gasteiger partial charge on any atom is 0.188 e. The summed E-state index contributed by atoms with van der Waals surface area (Å²) in [5.74, 6) is 2.76. The predicted octanol–water partition coefficient (Wildman–Crippen LogP) is 3.55. The zero-order valence-electron chi connectivity index (χ0n) is 17.1. The van der Waals surface area contributed by atoms with Crippen LogP contribution in [0.2, 0.25) is 0 Å². The number of piperidine rings is 1. The minimum Gasteiger partial charge on any atom is -0.493 e. The zero-order chi connectivity index (χ0) is 19.8. The summed E-state index contributed by atoms with van der Waals surface area (Å²) in [6, 6.07) is 9.85. The van der Waals surface area contributed by atoms with Crippen LogP contribution >= 0.6 is 24.0 Å². The number of likely N-dealkylation sites (tertiary alicyclic amines) is 1. The first-order chi connectivity index (χ1) is 13.7. The lowest BCUT2D eigenvalue weighted by Gasteiger charge is -2.33. The summed E-state index contributed by atoms with van der Waals surface area (Å²) in [5.41, 5.74) is 7.11. The van der Waals surface area contributed by atoms with Gasteiger partial charge in [-0.3, -0.25) is 4.90 Å². The molecule has 0 spiro atoms. The van der Waals surface area contributed by atoms with E-state index in [1.807, 2.05) is 30.3 Å². The van der Waals surface area contributed by atoms with E-state index in [0.29, 0.717) is 30.5 Å². The van der Waals surface area contributed by atoms with Crippen molar-refractivity contribution < 1.29 is 13.9 Å². The van der Waals surface area contributed by atoms with Gasteiger partial charge in [0.2, 0.25) is 0 Å². The fourth-order valence-corrected chi connectivity index (χ4v) is 3.53. The molecule has 3 N–H and O–H groups in total. The van der Waals surface area contributed by atoms with E-state index in [0.717, 1.165) is 24.4 Å². The highest BCUT2D eigenvalue weighted by Crippen LogP contribution is 2.28. The van der Waals surface area contributed by atoms with Gasteiger partial charge in [0.05, 0.1) is 33.1 Å². The van der Waals surface area contributed by atoms with Crippen molar-refractivity contribution in [3.8, 4) is 11.5 Å². The zero-order valence-corrected chi connectivity index (χ0v) is 19.4. The van der Waals surface area contributed by atoms with Gasteiger partial charge in [-0.2, -0.15) is 0 Å². The molecule has 2 heterocycles. The number of halogens is 1. The van der Waals surface area contributed by atoms with Crippen molar-refractivity contribution in [3.05, 3.63) is 47.9 Å². The van der Waals surface area contributed by atoms with Gasteiger partial charge < -0.3 is 24.9 Å². The van der Waals surface area contributed by atoms with Gasteiger partial charge in [-0.15, -0.1) is 24.0 Å². The second-order valence-corrected chi connectivity index (χ2v) is 6.90. The van der Waals surface area contributed by atoms with E-state index in [9.17, 15) is 0 Å². The van der Waals surface area contributed by atoms with Crippen molar-refractivity contribution in [2.75, 3.05) is 33.9 Å². The number of nitrogens with zero attached hydrogens (tertiary/aromatic N) is 2. The summed E-state index contributed by atoms with van der Waals surface area (Å²) in [6.45, 7) is 3.29. The van der Waals surface area contributed by atoms with Crippen LogP contribution in [0.4, 0.5) is 0 Å². The minimum absolute atomic E-state index is 0. The van der Waals surface area contributed by atoms with Gasteiger partial charge in [-0.25, -0.2) is 4.99 Å². The molecule has 0 saturated carbocycles. The number of ether oxygens (including phenoxy) is 2. The topological polar surface area (TPSA) is 85.2 Å². The van der Waals surface area contributed by atoms with Gasteiger partial charge in [0.1, 0.15) is 5.76 Å². The third-order valence-corrected chi connectivity index (χ3v) is 5.06. The second-order valence-electron chi connectivity index (χ2n) is 6.90. The summed E-state index contributed by atoms with van der Waals surface area (Å²) in [7, 11) is 3.24. The standard InChI is InChI=1S/C21H30N4O3.HI/c1-26-19-9-8-16(13-20(19)27-2)14-23-21(22)24-15-17(18-7-6-12-28-18)25-10-4-3-5-11-25;/h6-9,12-13,17H,3-5,10-11,14-15H2,1-2H3,(H3,22,23,24);1H. The molecule has 0 bridgehead atoms. The number of nitrogens with one attached hydrogen (secondary N) is 1. The van der Waals surface area contributed by atoms with Gasteiger partial charge in [0.25, 0.3) is 0 Å². The van der Waals surface area contributed by atoms with E-state index >= 15 is 0 Å². The number of aliphatic imine (C=N–C) groups is 1. The maximum atomic E-state index is 6.11. The first kappa shape index (κ1) is 23.3. The third kappa shape index (κ3) is 6.53. The number of nitrogens with two attached hydrogens (primary N) is 1. The van der Waals surface area contributed by atoms with E-state index in [2.05, 4.69) is 15.2 Å². The van der Waals surface area contributed by atoms with Crippen LogP contribution < -0.4 is 20.5 Å². The molecule has 3 rings (SSSR count). The lowest BCUT2D eigenvalue weighted by molar-refractivity contribution is 0.146. The average Bonchev–Trinajstić information content (AvgIpc) is 3.27. The fourth-order valence-electron chi connectivity index (χ4n) is 3.53. The number of benzene rings is 1. The van der Waals surface area contributed by atoms with E-state index in [1.54, 1.807) is 20.5 Å². The van der Waals surface area contributed by atoms with Gasteiger partial charge in [-0.05, 0) is 55.8 Å². The number of guanidine groups is 1.